The second-order valence-corrected chi connectivity index (χ2v) is 4.46. The van der Waals surface area contributed by atoms with Crippen LogP contribution in [-0.2, 0) is 16.0 Å². The maximum atomic E-state index is 11.9. The van der Waals surface area contributed by atoms with Crippen molar-refractivity contribution in [1.29, 1.82) is 0 Å². The number of amides is 1. The monoisotopic (exact) mass is 262 g/mol. The molecule has 0 unspecified atom stereocenters. The number of benzene rings is 1. The highest BCUT2D eigenvalue weighted by Crippen LogP contribution is 2.01. The van der Waals surface area contributed by atoms with Crippen LogP contribution in [0.3, 0.4) is 0 Å². The van der Waals surface area contributed by atoms with Gasteiger partial charge in [0.15, 0.2) is 5.78 Å². The SMILES string of the molecule is CCNC(=O)CN(CC)CC(=O)Cc1ccccc1. The van der Waals surface area contributed by atoms with Gasteiger partial charge in [0, 0.05) is 13.0 Å². The zero-order valence-electron chi connectivity index (χ0n) is 11.7. The van der Waals surface area contributed by atoms with Gasteiger partial charge in [0.25, 0.3) is 0 Å². The van der Waals surface area contributed by atoms with Crippen LogP contribution < -0.4 is 5.32 Å². The van der Waals surface area contributed by atoms with Gasteiger partial charge in [0.2, 0.25) is 5.91 Å². The molecule has 1 aromatic carbocycles. The summed E-state index contributed by atoms with van der Waals surface area (Å²) in [5.74, 6) is 0.106. The Kier molecular flexibility index (Phi) is 6.82. The fraction of sp³-hybridized carbons (Fsp3) is 0.467. The van der Waals surface area contributed by atoms with E-state index in [-0.39, 0.29) is 18.2 Å². The van der Waals surface area contributed by atoms with Gasteiger partial charge in [-0.05, 0) is 19.0 Å². The molecule has 0 atom stereocenters. The Morgan fingerprint density at radius 1 is 1.11 bits per heavy atom. The molecule has 1 aromatic rings. The summed E-state index contributed by atoms with van der Waals surface area (Å²) in [6.45, 7) is 5.75. The highest BCUT2D eigenvalue weighted by molar-refractivity contribution is 5.84. The molecule has 4 nitrogen and oxygen atoms in total. The molecule has 1 rings (SSSR count). The summed E-state index contributed by atoms with van der Waals surface area (Å²) in [4.78, 5) is 25.3. The molecule has 104 valence electrons. The largest absolute Gasteiger partial charge is 0.355 e. The molecule has 0 spiro atoms. The Bertz CT molecular complexity index is 404. The van der Waals surface area contributed by atoms with Crippen LogP contribution in [0.5, 0.6) is 0 Å². The number of likely N-dealkylation sites (N-methyl/N-ethyl adjacent to an activating group) is 2. The lowest BCUT2D eigenvalue weighted by Crippen LogP contribution is -2.39. The molecular weight excluding hydrogens is 240 g/mol. The lowest BCUT2D eigenvalue weighted by molar-refractivity contribution is -0.123. The summed E-state index contributed by atoms with van der Waals surface area (Å²) in [5.41, 5.74) is 1.02. The van der Waals surface area contributed by atoms with Gasteiger partial charge in [-0.2, -0.15) is 0 Å². The van der Waals surface area contributed by atoms with Crippen LogP contribution in [0.4, 0.5) is 0 Å². The number of carbonyl (C=O) groups excluding carboxylic acids is 2. The van der Waals surface area contributed by atoms with E-state index >= 15 is 0 Å². The second-order valence-electron chi connectivity index (χ2n) is 4.46. The number of hydrogen-bond donors (Lipinski definition) is 1. The third-order valence-corrected chi connectivity index (χ3v) is 2.83. The average molecular weight is 262 g/mol. The predicted octanol–water partition coefficient (Wildman–Crippen LogP) is 1.26. The summed E-state index contributed by atoms with van der Waals surface area (Å²) in [5, 5.41) is 2.74. The quantitative estimate of drug-likeness (QED) is 0.767. The van der Waals surface area contributed by atoms with Gasteiger partial charge in [-0.1, -0.05) is 37.3 Å². The molecule has 0 heterocycles. The van der Waals surface area contributed by atoms with Crippen molar-refractivity contribution < 1.29 is 9.59 Å². The molecule has 0 aliphatic rings. The first kappa shape index (κ1) is 15.4. The predicted molar refractivity (Wildman–Crippen MR) is 76.0 cm³/mol. The lowest BCUT2D eigenvalue weighted by atomic mass is 10.1. The summed E-state index contributed by atoms with van der Waals surface area (Å²) in [6.07, 6.45) is 0.423. The Morgan fingerprint density at radius 3 is 2.37 bits per heavy atom. The van der Waals surface area contributed by atoms with Crippen molar-refractivity contribution in [3.05, 3.63) is 35.9 Å². The highest BCUT2D eigenvalue weighted by Gasteiger charge is 2.12. The first-order valence-electron chi connectivity index (χ1n) is 6.70. The molecule has 0 fully saturated rings. The Morgan fingerprint density at radius 2 is 1.79 bits per heavy atom. The Balaban J connectivity index is 2.42. The molecule has 0 bridgehead atoms. The van der Waals surface area contributed by atoms with E-state index in [1.54, 1.807) is 0 Å². The minimum atomic E-state index is -0.0307. The minimum absolute atomic E-state index is 0.0307. The van der Waals surface area contributed by atoms with Gasteiger partial charge in [0.05, 0.1) is 13.1 Å². The smallest absolute Gasteiger partial charge is 0.234 e. The first-order chi connectivity index (χ1) is 9.15. The molecule has 0 saturated heterocycles. The summed E-state index contributed by atoms with van der Waals surface area (Å²) >= 11 is 0. The normalized spacial score (nSPS) is 10.5. The molecule has 0 aliphatic carbocycles. The topological polar surface area (TPSA) is 49.4 Å². The zero-order chi connectivity index (χ0) is 14.1. The molecule has 19 heavy (non-hydrogen) atoms. The van der Waals surface area contributed by atoms with Crippen LogP contribution in [0.15, 0.2) is 30.3 Å². The van der Waals surface area contributed by atoms with Crippen molar-refractivity contribution in [2.75, 3.05) is 26.2 Å². The third-order valence-electron chi connectivity index (χ3n) is 2.83. The molecule has 1 N–H and O–H groups in total. The van der Waals surface area contributed by atoms with Crippen LogP contribution in [0.25, 0.3) is 0 Å². The number of ketones is 1. The van der Waals surface area contributed by atoms with Gasteiger partial charge < -0.3 is 5.32 Å². The summed E-state index contributed by atoms with van der Waals surface area (Å²) in [6, 6.07) is 9.67. The number of carbonyl (C=O) groups is 2. The fourth-order valence-electron chi connectivity index (χ4n) is 1.86. The average Bonchev–Trinajstić information content (AvgIpc) is 2.39. The van der Waals surface area contributed by atoms with Gasteiger partial charge in [0.1, 0.15) is 0 Å². The fourth-order valence-corrected chi connectivity index (χ4v) is 1.86. The zero-order valence-corrected chi connectivity index (χ0v) is 11.7. The Labute approximate surface area is 114 Å². The van der Waals surface area contributed by atoms with E-state index in [9.17, 15) is 9.59 Å². The third kappa shape index (κ3) is 6.15. The van der Waals surface area contributed by atoms with E-state index in [0.717, 1.165) is 5.56 Å². The van der Waals surface area contributed by atoms with E-state index in [1.807, 2.05) is 49.1 Å². The molecule has 0 aromatic heterocycles. The number of hydrogen-bond acceptors (Lipinski definition) is 3. The molecule has 0 saturated carbocycles. The summed E-state index contributed by atoms with van der Waals surface area (Å²) in [7, 11) is 0. The maximum Gasteiger partial charge on any atom is 0.234 e. The van der Waals surface area contributed by atoms with Gasteiger partial charge in [-0.15, -0.1) is 0 Å². The first-order valence-corrected chi connectivity index (χ1v) is 6.70. The number of nitrogens with one attached hydrogen (secondary N) is 1. The van der Waals surface area contributed by atoms with E-state index in [4.69, 9.17) is 0 Å². The van der Waals surface area contributed by atoms with E-state index in [2.05, 4.69) is 5.32 Å². The molecule has 0 radical (unpaired) electrons. The van der Waals surface area contributed by atoms with Gasteiger partial charge in [-0.3, -0.25) is 14.5 Å². The number of rotatable bonds is 8. The van der Waals surface area contributed by atoms with Crippen molar-refractivity contribution in [3.63, 3.8) is 0 Å². The Hall–Kier alpha value is -1.68. The molecular formula is C15H22N2O2. The van der Waals surface area contributed by atoms with Crippen molar-refractivity contribution >= 4 is 11.7 Å². The van der Waals surface area contributed by atoms with E-state index in [1.165, 1.54) is 0 Å². The van der Waals surface area contributed by atoms with Crippen LogP contribution in [-0.4, -0.2) is 42.8 Å². The minimum Gasteiger partial charge on any atom is -0.355 e. The van der Waals surface area contributed by atoms with Crippen LogP contribution in [0.1, 0.15) is 19.4 Å². The van der Waals surface area contributed by atoms with Crippen molar-refractivity contribution in [2.24, 2.45) is 0 Å². The van der Waals surface area contributed by atoms with Crippen molar-refractivity contribution in [1.82, 2.24) is 10.2 Å². The van der Waals surface area contributed by atoms with Gasteiger partial charge in [-0.25, -0.2) is 0 Å². The van der Waals surface area contributed by atoms with Crippen LogP contribution in [0.2, 0.25) is 0 Å². The van der Waals surface area contributed by atoms with E-state index in [0.29, 0.717) is 26.1 Å². The van der Waals surface area contributed by atoms with Crippen molar-refractivity contribution in [3.8, 4) is 0 Å². The summed E-state index contributed by atoms with van der Waals surface area (Å²) < 4.78 is 0. The number of nitrogens with zero attached hydrogens (tertiary/aromatic N) is 1. The lowest BCUT2D eigenvalue weighted by Gasteiger charge is -2.18. The van der Waals surface area contributed by atoms with E-state index < -0.39 is 0 Å². The maximum absolute atomic E-state index is 11.9. The highest BCUT2D eigenvalue weighted by atomic mass is 16.2. The molecule has 0 aliphatic heterocycles. The van der Waals surface area contributed by atoms with Crippen LogP contribution in [0, 0.1) is 0 Å². The second kappa shape index (κ2) is 8.43. The molecule has 1 amide bonds. The number of Topliss-reactive ketones (excluding diaryl/α,β-unsaturated/α-hetero) is 1. The molecule has 4 heteroatoms. The standard InChI is InChI=1S/C15H22N2O2/c1-3-16-15(19)12-17(4-2)11-14(18)10-13-8-6-5-7-9-13/h5-9H,3-4,10-12H2,1-2H3,(H,16,19). The van der Waals surface area contributed by atoms with Gasteiger partial charge >= 0.3 is 0 Å². The van der Waals surface area contributed by atoms with Crippen molar-refractivity contribution in [2.45, 2.75) is 20.3 Å². The van der Waals surface area contributed by atoms with Crippen LogP contribution >= 0.6 is 0 Å².